The Bertz CT molecular complexity index is 881. The highest BCUT2D eigenvalue weighted by Crippen LogP contribution is 2.30. The molecule has 0 unspecified atom stereocenters. The third-order valence-corrected chi connectivity index (χ3v) is 4.21. The van der Waals surface area contributed by atoms with Crippen molar-refractivity contribution in [2.24, 2.45) is 0 Å². The van der Waals surface area contributed by atoms with Gasteiger partial charge in [-0.15, -0.1) is 0 Å². The zero-order valence-electron chi connectivity index (χ0n) is 13.4. The minimum Gasteiger partial charge on any atom is -0.462 e. The van der Waals surface area contributed by atoms with Crippen molar-refractivity contribution >= 4 is 11.0 Å². The van der Waals surface area contributed by atoms with Crippen LogP contribution < -0.4 is 10.4 Å². The Hall–Kier alpha value is -2.11. The second-order valence-electron chi connectivity index (χ2n) is 5.92. The third-order valence-electron chi connectivity index (χ3n) is 4.21. The van der Waals surface area contributed by atoms with E-state index in [-0.39, 0.29) is 22.3 Å². The molecule has 1 saturated heterocycles. The van der Waals surface area contributed by atoms with Crippen molar-refractivity contribution in [3.05, 3.63) is 39.8 Å². The van der Waals surface area contributed by atoms with Gasteiger partial charge in [-0.1, -0.05) is 0 Å². The first kappa shape index (κ1) is 18.7. The molecule has 0 amide bonds. The molecule has 4 N–H and O–H groups in total. The molecule has 8 nitrogen and oxygen atoms in total. The van der Waals surface area contributed by atoms with Gasteiger partial charge >= 0.3 is 5.63 Å². The quantitative estimate of drug-likeness (QED) is 0.532. The smallest absolute Gasteiger partial charge is 0.372 e. The van der Waals surface area contributed by atoms with Crippen LogP contribution in [-0.2, 0) is 4.74 Å². The lowest BCUT2D eigenvalue weighted by Gasteiger charge is -2.39. The number of hydrogen-bond acceptors (Lipinski definition) is 8. The second kappa shape index (κ2) is 6.89. The zero-order valence-corrected chi connectivity index (χ0v) is 13.4. The van der Waals surface area contributed by atoms with E-state index in [1.807, 2.05) is 0 Å². The van der Waals surface area contributed by atoms with Crippen LogP contribution in [0.15, 0.2) is 21.3 Å². The van der Waals surface area contributed by atoms with Gasteiger partial charge in [-0.25, -0.2) is 9.18 Å². The monoisotopic (exact) mass is 374 g/mol. The molecule has 1 aromatic heterocycles. The fraction of sp³-hybridized carbons (Fsp3) is 0.438. The van der Waals surface area contributed by atoms with Crippen LogP contribution in [0.3, 0.4) is 0 Å². The molecule has 2 aromatic rings. The number of fused-ring (bicyclic) bond motifs is 1. The average Bonchev–Trinajstić information content (AvgIpc) is 2.59. The largest absolute Gasteiger partial charge is 0.462 e. The lowest BCUT2D eigenvalue weighted by atomic mass is 9.99. The van der Waals surface area contributed by atoms with Crippen LogP contribution >= 0.6 is 0 Å². The molecule has 2 heterocycles. The summed E-state index contributed by atoms with van der Waals surface area (Å²) in [6.45, 7) is 0.556. The summed E-state index contributed by atoms with van der Waals surface area (Å²) >= 11 is 0. The second-order valence-corrected chi connectivity index (χ2v) is 5.92. The number of aliphatic hydroxyl groups is 4. The van der Waals surface area contributed by atoms with Gasteiger partial charge in [-0.05, 0) is 6.92 Å². The number of rotatable bonds is 3. The topological polar surface area (TPSA) is 130 Å². The van der Waals surface area contributed by atoms with E-state index in [1.54, 1.807) is 0 Å². The molecule has 0 radical (unpaired) electrons. The van der Waals surface area contributed by atoms with E-state index < -0.39 is 54.6 Å². The summed E-state index contributed by atoms with van der Waals surface area (Å²) in [7, 11) is 0. The molecule has 3 rings (SSSR count). The zero-order chi connectivity index (χ0) is 19.2. The van der Waals surface area contributed by atoms with Crippen molar-refractivity contribution in [2.75, 3.05) is 6.61 Å². The highest BCUT2D eigenvalue weighted by Gasteiger charge is 2.44. The minimum atomic E-state index is -1.70. The molecule has 0 aliphatic carbocycles. The summed E-state index contributed by atoms with van der Waals surface area (Å²) in [6.07, 6.45) is -7.71. The number of aliphatic hydroxyl groups excluding tert-OH is 4. The average molecular weight is 374 g/mol. The summed E-state index contributed by atoms with van der Waals surface area (Å²) in [5.41, 5.74) is -1.79. The summed E-state index contributed by atoms with van der Waals surface area (Å²) in [4.78, 5) is 11.4. The van der Waals surface area contributed by atoms with E-state index in [2.05, 4.69) is 0 Å². The van der Waals surface area contributed by atoms with Gasteiger partial charge in [0.25, 0.3) is 0 Å². The van der Waals surface area contributed by atoms with E-state index in [0.29, 0.717) is 0 Å². The number of halogens is 2. The fourth-order valence-corrected chi connectivity index (χ4v) is 2.78. The fourth-order valence-electron chi connectivity index (χ4n) is 2.78. The van der Waals surface area contributed by atoms with Gasteiger partial charge in [0.1, 0.15) is 41.6 Å². The third kappa shape index (κ3) is 3.06. The van der Waals surface area contributed by atoms with Crippen LogP contribution in [0.1, 0.15) is 5.56 Å². The van der Waals surface area contributed by atoms with E-state index in [0.717, 1.165) is 12.1 Å². The minimum absolute atomic E-state index is 0.229. The van der Waals surface area contributed by atoms with Crippen molar-refractivity contribution in [2.45, 2.75) is 37.6 Å². The molecule has 5 atom stereocenters. The molecule has 0 saturated carbocycles. The van der Waals surface area contributed by atoms with Crippen LogP contribution in [0.25, 0.3) is 11.0 Å². The molecule has 0 bridgehead atoms. The lowest BCUT2D eigenvalue weighted by Crippen LogP contribution is -2.60. The van der Waals surface area contributed by atoms with E-state index in [9.17, 15) is 28.9 Å². The molecule has 1 fully saturated rings. The lowest BCUT2D eigenvalue weighted by molar-refractivity contribution is -0.277. The first-order chi connectivity index (χ1) is 12.2. The van der Waals surface area contributed by atoms with Gasteiger partial charge in [0.15, 0.2) is 0 Å². The summed E-state index contributed by atoms with van der Waals surface area (Å²) in [5, 5.41) is 38.3. The molecule has 0 spiro atoms. The van der Waals surface area contributed by atoms with Gasteiger partial charge < -0.3 is 34.3 Å². The van der Waals surface area contributed by atoms with Crippen molar-refractivity contribution in [3.8, 4) is 5.75 Å². The number of aryl methyl sites for hydroxylation is 1. The Balaban J connectivity index is 1.96. The van der Waals surface area contributed by atoms with Crippen molar-refractivity contribution in [1.82, 2.24) is 0 Å². The van der Waals surface area contributed by atoms with Crippen molar-refractivity contribution < 1.29 is 43.1 Å². The molecular formula is C16H16F2O8. The van der Waals surface area contributed by atoms with Crippen LogP contribution in [0.2, 0.25) is 0 Å². The standard InChI is InChI=1S/C16H16F2O8/c1-5-10-7(17)2-6(3-8(10)25-15(23)11(5)18)24-16-14(22)13(21)12(20)9(4-19)26-16/h2-3,9,12-14,16,19-22H,4H2,1H3/t9-,12+,13+,14-,16-/m1/s1. The summed E-state index contributed by atoms with van der Waals surface area (Å²) in [6, 6.07) is 1.95. The van der Waals surface area contributed by atoms with E-state index in [4.69, 9.17) is 19.0 Å². The van der Waals surface area contributed by atoms with Crippen molar-refractivity contribution in [3.63, 3.8) is 0 Å². The van der Waals surface area contributed by atoms with Gasteiger partial charge in [0, 0.05) is 17.7 Å². The SMILES string of the molecule is Cc1c(F)c(=O)oc2cc(O[C@@H]3O[C@H](CO)[C@H](O)[C@H](O)[C@H]3O)cc(F)c12. The molecule has 1 aliphatic heterocycles. The van der Waals surface area contributed by atoms with Crippen LogP contribution in [-0.4, -0.2) is 57.7 Å². The Morgan fingerprint density at radius 2 is 1.85 bits per heavy atom. The Kier molecular flexibility index (Phi) is 4.95. The van der Waals surface area contributed by atoms with Crippen LogP contribution in [0.4, 0.5) is 8.78 Å². The van der Waals surface area contributed by atoms with Gasteiger partial charge in [-0.3, -0.25) is 0 Å². The molecule has 1 aromatic carbocycles. The predicted octanol–water partition coefficient (Wildman–Crippen LogP) is -0.442. The van der Waals surface area contributed by atoms with Crippen molar-refractivity contribution in [1.29, 1.82) is 0 Å². The molecule has 142 valence electrons. The van der Waals surface area contributed by atoms with E-state index >= 15 is 0 Å². The number of benzene rings is 1. The highest BCUT2D eigenvalue weighted by atomic mass is 19.1. The predicted molar refractivity (Wildman–Crippen MR) is 81.5 cm³/mol. The maximum absolute atomic E-state index is 14.3. The normalized spacial score (nSPS) is 29.1. The number of ether oxygens (including phenoxy) is 2. The first-order valence-electron chi connectivity index (χ1n) is 7.64. The molecule has 1 aliphatic rings. The molecule has 10 heteroatoms. The Labute approximate surface area is 144 Å². The summed E-state index contributed by atoms with van der Waals surface area (Å²) < 4.78 is 43.0. The maximum atomic E-state index is 14.3. The van der Waals surface area contributed by atoms with E-state index in [1.165, 1.54) is 6.92 Å². The molecule has 26 heavy (non-hydrogen) atoms. The number of hydrogen-bond donors (Lipinski definition) is 4. The summed E-state index contributed by atoms with van der Waals surface area (Å²) in [5.74, 6) is -2.39. The Morgan fingerprint density at radius 1 is 1.15 bits per heavy atom. The van der Waals surface area contributed by atoms with Gasteiger partial charge in [0.2, 0.25) is 12.1 Å². The van der Waals surface area contributed by atoms with Gasteiger partial charge in [-0.2, -0.15) is 4.39 Å². The van der Waals surface area contributed by atoms with Gasteiger partial charge in [0.05, 0.1) is 12.0 Å². The van der Waals surface area contributed by atoms with Crippen LogP contribution in [0, 0.1) is 18.6 Å². The highest BCUT2D eigenvalue weighted by molar-refractivity contribution is 5.82. The van der Waals surface area contributed by atoms with Crippen LogP contribution in [0.5, 0.6) is 5.75 Å². The first-order valence-corrected chi connectivity index (χ1v) is 7.64. The molecular weight excluding hydrogens is 358 g/mol. The Morgan fingerprint density at radius 3 is 2.50 bits per heavy atom. The maximum Gasteiger partial charge on any atom is 0.372 e.